The lowest BCUT2D eigenvalue weighted by Gasteiger charge is -2.11. The summed E-state index contributed by atoms with van der Waals surface area (Å²) in [6.45, 7) is 2.77. The topological polar surface area (TPSA) is 68.2 Å². The van der Waals surface area contributed by atoms with Crippen molar-refractivity contribution in [2.24, 2.45) is 0 Å². The van der Waals surface area contributed by atoms with Crippen LogP contribution in [0.1, 0.15) is 23.8 Å². The molecule has 19 heavy (non-hydrogen) atoms. The number of sulfone groups is 1. The summed E-state index contributed by atoms with van der Waals surface area (Å²) in [5, 5.41) is 3.87. The number of carbonyl (C=O) groups is 1. The van der Waals surface area contributed by atoms with E-state index in [-0.39, 0.29) is 11.7 Å². The minimum absolute atomic E-state index is 0.0611. The minimum atomic E-state index is -3.15. The van der Waals surface area contributed by atoms with E-state index in [1.165, 1.54) is 6.08 Å². The van der Waals surface area contributed by atoms with Crippen LogP contribution in [0.4, 0.5) is 0 Å². The van der Waals surface area contributed by atoms with Crippen LogP contribution in [0, 0.1) is 0 Å². The Bertz CT molecular complexity index is 619. The quantitative estimate of drug-likeness (QED) is 0.902. The summed E-state index contributed by atoms with van der Waals surface area (Å²) in [4.78, 5) is 12.1. The summed E-state index contributed by atoms with van der Waals surface area (Å²) >= 11 is 3.34. The van der Waals surface area contributed by atoms with Crippen LogP contribution in [0.3, 0.4) is 0 Å². The molecule has 1 N–H and O–H groups in total. The predicted octanol–water partition coefficient (Wildman–Crippen LogP) is 1.70. The van der Waals surface area contributed by atoms with E-state index in [1.54, 1.807) is 6.07 Å². The van der Waals surface area contributed by atoms with Gasteiger partial charge in [-0.05, 0) is 34.5 Å². The number of nitrogens with zero attached hydrogens (tertiary/aromatic N) is 1. The molecule has 0 bridgehead atoms. The average Bonchev–Trinajstić information content (AvgIpc) is 2.82. The molecule has 0 fully saturated rings. The van der Waals surface area contributed by atoms with Gasteiger partial charge >= 0.3 is 0 Å². The molecule has 1 aliphatic heterocycles. The van der Waals surface area contributed by atoms with Crippen LogP contribution < -0.4 is 5.32 Å². The molecule has 2 heterocycles. The van der Waals surface area contributed by atoms with Gasteiger partial charge in [-0.25, -0.2) is 8.42 Å². The van der Waals surface area contributed by atoms with Gasteiger partial charge in [-0.3, -0.25) is 4.79 Å². The van der Waals surface area contributed by atoms with E-state index in [2.05, 4.69) is 21.2 Å². The van der Waals surface area contributed by atoms with Gasteiger partial charge in [0.15, 0.2) is 9.84 Å². The van der Waals surface area contributed by atoms with Crippen molar-refractivity contribution in [1.29, 1.82) is 0 Å². The molecule has 5 nitrogen and oxygen atoms in total. The standard InChI is InChI=1S/C12H15BrN2O3S/c1-2-4-15-7-9(13)6-11(15)12(16)14-10-3-5-19(17,18)8-10/h3,5-7,10H,2,4,8H2,1H3,(H,14,16). The summed E-state index contributed by atoms with van der Waals surface area (Å²) < 4.78 is 25.3. The lowest BCUT2D eigenvalue weighted by Crippen LogP contribution is -2.36. The Labute approximate surface area is 120 Å². The van der Waals surface area contributed by atoms with Crippen molar-refractivity contribution in [2.75, 3.05) is 5.75 Å². The van der Waals surface area contributed by atoms with Crippen molar-refractivity contribution in [3.05, 3.63) is 33.9 Å². The molecule has 1 aromatic heterocycles. The second kappa shape index (κ2) is 5.50. The first-order valence-electron chi connectivity index (χ1n) is 5.99. The Morgan fingerprint density at radius 1 is 1.58 bits per heavy atom. The molecule has 1 unspecified atom stereocenters. The molecule has 7 heteroatoms. The van der Waals surface area contributed by atoms with Crippen LogP contribution >= 0.6 is 15.9 Å². The third-order valence-electron chi connectivity index (χ3n) is 2.81. The van der Waals surface area contributed by atoms with Crippen molar-refractivity contribution < 1.29 is 13.2 Å². The zero-order valence-corrected chi connectivity index (χ0v) is 12.9. The number of rotatable bonds is 4. The van der Waals surface area contributed by atoms with Crippen molar-refractivity contribution in [3.63, 3.8) is 0 Å². The van der Waals surface area contributed by atoms with Crippen molar-refractivity contribution in [2.45, 2.75) is 25.9 Å². The maximum atomic E-state index is 12.1. The maximum Gasteiger partial charge on any atom is 0.268 e. The number of halogens is 1. The van der Waals surface area contributed by atoms with Crippen LogP contribution in [0.5, 0.6) is 0 Å². The third-order valence-corrected chi connectivity index (χ3v) is 4.64. The SMILES string of the molecule is CCCn1cc(Br)cc1C(=O)NC1C=CS(=O)(=O)C1. The summed E-state index contributed by atoms with van der Waals surface area (Å²) in [5.41, 5.74) is 0.534. The number of carbonyl (C=O) groups excluding carboxylic acids is 1. The van der Waals surface area contributed by atoms with Crippen LogP contribution in [-0.4, -0.2) is 30.7 Å². The highest BCUT2D eigenvalue weighted by Crippen LogP contribution is 2.16. The molecule has 104 valence electrons. The predicted molar refractivity (Wildman–Crippen MR) is 76.6 cm³/mol. The fourth-order valence-electron chi connectivity index (χ4n) is 2.00. The van der Waals surface area contributed by atoms with Gasteiger partial charge in [0.1, 0.15) is 5.69 Å². The Hall–Kier alpha value is -1.08. The molecule has 0 radical (unpaired) electrons. The zero-order chi connectivity index (χ0) is 14.0. The first-order valence-corrected chi connectivity index (χ1v) is 8.49. The number of amides is 1. The van der Waals surface area contributed by atoms with Gasteiger partial charge in [0.05, 0.1) is 11.8 Å². The van der Waals surface area contributed by atoms with Gasteiger partial charge in [-0.1, -0.05) is 6.92 Å². The Morgan fingerprint density at radius 2 is 2.32 bits per heavy atom. The van der Waals surface area contributed by atoms with Gasteiger partial charge in [0.2, 0.25) is 0 Å². The van der Waals surface area contributed by atoms with E-state index >= 15 is 0 Å². The lowest BCUT2D eigenvalue weighted by atomic mass is 10.3. The molecule has 1 atom stereocenters. The fraction of sp³-hybridized carbons (Fsp3) is 0.417. The molecule has 1 aromatic rings. The Kier molecular flexibility index (Phi) is 4.15. The molecule has 0 saturated carbocycles. The molecule has 0 aliphatic carbocycles. The zero-order valence-electron chi connectivity index (χ0n) is 10.5. The summed E-state index contributed by atoms with van der Waals surface area (Å²) in [6.07, 6.45) is 4.27. The van der Waals surface area contributed by atoms with Crippen molar-refractivity contribution >= 4 is 31.7 Å². The lowest BCUT2D eigenvalue weighted by molar-refractivity contribution is 0.0938. The van der Waals surface area contributed by atoms with E-state index in [4.69, 9.17) is 0 Å². The number of hydrogen-bond acceptors (Lipinski definition) is 3. The molecule has 0 spiro atoms. The first kappa shape index (κ1) is 14.3. The second-order valence-corrected chi connectivity index (χ2v) is 7.32. The van der Waals surface area contributed by atoms with E-state index in [0.717, 1.165) is 22.8 Å². The fourth-order valence-corrected chi connectivity index (χ4v) is 3.70. The first-order chi connectivity index (χ1) is 8.91. The maximum absolute atomic E-state index is 12.1. The van der Waals surface area contributed by atoms with E-state index in [9.17, 15) is 13.2 Å². The highest BCUT2D eigenvalue weighted by atomic mass is 79.9. The molecule has 1 amide bonds. The second-order valence-electron chi connectivity index (χ2n) is 4.47. The average molecular weight is 347 g/mol. The van der Waals surface area contributed by atoms with Crippen molar-refractivity contribution in [1.82, 2.24) is 9.88 Å². The smallest absolute Gasteiger partial charge is 0.268 e. The van der Waals surface area contributed by atoms with Crippen molar-refractivity contribution in [3.8, 4) is 0 Å². The van der Waals surface area contributed by atoms with E-state index < -0.39 is 15.9 Å². The number of aromatic nitrogens is 1. The third kappa shape index (κ3) is 3.48. The van der Waals surface area contributed by atoms with E-state index in [0.29, 0.717) is 5.69 Å². The summed E-state index contributed by atoms with van der Waals surface area (Å²) in [5.74, 6) is -0.320. The molecule has 0 aromatic carbocycles. The largest absolute Gasteiger partial charge is 0.343 e. The number of aryl methyl sites for hydroxylation is 1. The highest BCUT2D eigenvalue weighted by Gasteiger charge is 2.24. The van der Waals surface area contributed by atoms with E-state index in [1.807, 2.05) is 17.7 Å². The normalized spacial score (nSPS) is 20.6. The van der Waals surface area contributed by atoms with Crippen LogP contribution in [0.2, 0.25) is 0 Å². The van der Waals surface area contributed by atoms with Gasteiger partial charge < -0.3 is 9.88 Å². The van der Waals surface area contributed by atoms with Crippen LogP contribution in [-0.2, 0) is 16.4 Å². The Balaban J connectivity index is 2.10. The molecule has 2 rings (SSSR count). The summed E-state index contributed by atoms with van der Waals surface area (Å²) in [7, 11) is -3.15. The van der Waals surface area contributed by atoms with Gasteiger partial charge in [-0.2, -0.15) is 0 Å². The Morgan fingerprint density at radius 3 is 2.89 bits per heavy atom. The summed E-state index contributed by atoms with van der Waals surface area (Å²) in [6, 6.07) is 1.29. The number of nitrogens with one attached hydrogen (secondary N) is 1. The molecular weight excluding hydrogens is 332 g/mol. The van der Waals surface area contributed by atoms with Crippen LogP contribution in [0.25, 0.3) is 0 Å². The molecule has 0 saturated heterocycles. The van der Waals surface area contributed by atoms with Gasteiger partial charge in [0, 0.05) is 22.6 Å². The monoisotopic (exact) mass is 346 g/mol. The highest BCUT2D eigenvalue weighted by molar-refractivity contribution is 9.10. The molecule has 1 aliphatic rings. The number of hydrogen-bond donors (Lipinski definition) is 1. The van der Waals surface area contributed by atoms with Crippen LogP contribution in [0.15, 0.2) is 28.2 Å². The van der Waals surface area contributed by atoms with Gasteiger partial charge in [-0.15, -0.1) is 0 Å². The molecular formula is C12H15BrN2O3S. The van der Waals surface area contributed by atoms with Gasteiger partial charge in [0.25, 0.3) is 5.91 Å². The minimum Gasteiger partial charge on any atom is -0.343 e.